The van der Waals surface area contributed by atoms with E-state index in [2.05, 4.69) is 4.98 Å². The maximum atomic E-state index is 14.0. The lowest BCUT2D eigenvalue weighted by molar-refractivity contribution is 0.628. The Labute approximate surface area is 209 Å². The average Bonchev–Trinajstić information content (AvgIpc) is 3.68. The Morgan fingerprint density at radius 3 is 2.36 bits per heavy atom. The molecule has 2 heterocycles. The largest absolute Gasteiger partial charge is 0.337 e. The summed E-state index contributed by atoms with van der Waals surface area (Å²) in [5.74, 6) is -0.158. The molecule has 0 spiro atoms. The zero-order valence-corrected chi connectivity index (χ0v) is 20.0. The van der Waals surface area contributed by atoms with Crippen molar-refractivity contribution < 1.29 is 4.39 Å². The number of aryl methyl sites for hydroxylation is 1. The molecule has 0 radical (unpaired) electrons. The van der Waals surface area contributed by atoms with E-state index in [1.807, 2.05) is 30.3 Å². The van der Waals surface area contributed by atoms with Gasteiger partial charge in [-0.25, -0.2) is 13.8 Å². The molecule has 1 aliphatic carbocycles. The van der Waals surface area contributed by atoms with Crippen LogP contribution in [0.15, 0.2) is 69.0 Å². The number of nitrogens with one attached hydrogen (secondary N) is 1. The van der Waals surface area contributed by atoms with Crippen LogP contribution in [0.25, 0.3) is 28.1 Å². The molecule has 0 unspecified atom stereocenters. The lowest BCUT2D eigenvalue weighted by atomic mass is 9.98. The molecule has 0 saturated heterocycles. The van der Waals surface area contributed by atoms with Gasteiger partial charge in [-0.3, -0.25) is 14.2 Å². The number of H-pyrrole nitrogens is 1. The molecule has 1 saturated carbocycles. The van der Waals surface area contributed by atoms with Crippen LogP contribution in [0.3, 0.4) is 0 Å². The highest BCUT2D eigenvalue weighted by atomic mass is 35.5. The van der Waals surface area contributed by atoms with Crippen LogP contribution < -0.4 is 16.8 Å². The van der Waals surface area contributed by atoms with E-state index in [1.54, 1.807) is 6.92 Å². The number of nitriles is 1. The average molecular weight is 503 g/mol. The molecule has 1 fully saturated rings. The van der Waals surface area contributed by atoms with Crippen molar-refractivity contribution >= 4 is 11.6 Å². The van der Waals surface area contributed by atoms with Gasteiger partial charge < -0.3 is 4.98 Å². The van der Waals surface area contributed by atoms with Crippen molar-refractivity contribution in [3.8, 4) is 34.1 Å². The zero-order valence-electron chi connectivity index (χ0n) is 19.2. The van der Waals surface area contributed by atoms with Gasteiger partial charge >= 0.3 is 5.69 Å². The van der Waals surface area contributed by atoms with Gasteiger partial charge in [0, 0.05) is 11.8 Å². The monoisotopic (exact) mass is 502 g/mol. The van der Waals surface area contributed by atoms with Gasteiger partial charge in [0.15, 0.2) is 0 Å². The molecule has 5 rings (SSSR count). The summed E-state index contributed by atoms with van der Waals surface area (Å²) in [5.41, 5.74) is 0.778. The Kier molecular flexibility index (Phi) is 5.94. The highest BCUT2D eigenvalue weighted by molar-refractivity contribution is 6.31. The molecule has 0 atom stereocenters. The molecule has 1 aliphatic rings. The molecule has 7 nitrogen and oxygen atoms in total. The molecular formula is C27H20ClFN4O3. The molecule has 36 heavy (non-hydrogen) atoms. The smallest absolute Gasteiger partial charge is 0.326 e. The normalized spacial score (nSPS) is 12.9. The molecule has 1 N–H and O–H groups in total. The van der Waals surface area contributed by atoms with Crippen molar-refractivity contribution in [1.82, 2.24) is 14.1 Å². The third kappa shape index (κ3) is 4.18. The second-order valence-corrected chi connectivity index (χ2v) is 9.21. The Morgan fingerprint density at radius 1 is 1.06 bits per heavy atom. The Hall–Kier alpha value is -4.22. The molecule has 2 aromatic heterocycles. The number of nitrogens with zero attached hydrogens (tertiary/aromatic N) is 3. The fourth-order valence-electron chi connectivity index (χ4n) is 4.43. The van der Waals surface area contributed by atoms with Crippen LogP contribution in [0.1, 0.15) is 30.0 Å². The summed E-state index contributed by atoms with van der Waals surface area (Å²) in [6.45, 7) is 1.27. The van der Waals surface area contributed by atoms with Crippen molar-refractivity contribution in [2.45, 2.75) is 32.2 Å². The van der Waals surface area contributed by atoms with Crippen molar-refractivity contribution in [1.29, 1.82) is 5.26 Å². The van der Waals surface area contributed by atoms with Gasteiger partial charge in [0.2, 0.25) is 5.56 Å². The van der Waals surface area contributed by atoms with Crippen molar-refractivity contribution in [3.05, 3.63) is 108 Å². The van der Waals surface area contributed by atoms with E-state index in [4.69, 9.17) is 11.6 Å². The van der Waals surface area contributed by atoms with E-state index in [0.717, 1.165) is 35.1 Å². The van der Waals surface area contributed by atoms with E-state index in [-0.39, 0.29) is 34.1 Å². The van der Waals surface area contributed by atoms with Crippen molar-refractivity contribution in [2.75, 3.05) is 0 Å². The second kappa shape index (κ2) is 9.10. The molecule has 4 aromatic rings. The minimum atomic E-state index is -0.773. The minimum absolute atomic E-state index is 0.0584. The maximum Gasteiger partial charge on any atom is 0.337 e. The number of pyridine rings is 1. The van der Waals surface area contributed by atoms with Gasteiger partial charge in [0.05, 0.1) is 28.0 Å². The summed E-state index contributed by atoms with van der Waals surface area (Å²) in [4.78, 5) is 42.4. The predicted octanol–water partition coefficient (Wildman–Crippen LogP) is 4.52. The maximum absolute atomic E-state index is 14.0. The fraction of sp³-hybridized carbons (Fsp3) is 0.185. The van der Waals surface area contributed by atoms with Crippen LogP contribution >= 0.6 is 11.6 Å². The van der Waals surface area contributed by atoms with Gasteiger partial charge in [-0.1, -0.05) is 41.9 Å². The van der Waals surface area contributed by atoms with Crippen molar-refractivity contribution in [2.24, 2.45) is 0 Å². The number of rotatable bonds is 5. The standard InChI is InChI=1S/C27H20ClFN4O3/c1-15-12-20(14-23(34)31-15)33-26(35)24(19-8-9-22(29)21(28)13-19)25(32(11-10-30)27(33)36)18-6-4-17(5-7-18)16-2-3-16/h4-9,12-14,16H,2-3,11H2,1H3,(H,31,34). The van der Waals surface area contributed by atoms with Gasteiger partial charge in [-0.15, -0.1) is 0 Å². The number of aromatic nitrogens is 3. The Morgan fingerprint density at radius 2 is 1.75 bits per heavy atom. The second-order valence-electron chi connectivity index (χ2n) is 8.80. The lowest BCUT2D eigenvalue weighted by Crippen LogP contribution is -2.41. The van der Waals surface area contributed by atoms with Gasteiger partial charge in [-0.2, -0.15) is 5.26 Å². The van der Waals surface area contributed by atoms with Crippen LogP contribution in [0.5, 0.6) is 0 Å². The molecule has 0 aliphatic heterocycles. The van der Waals surface area contributed by atoms with E-state index in [9.17, 15) is 24.0 Å². The summed E-state index contributed by atoms with van der Waals surface area (Å²) >= 11 is 6.06. The first-order valence-corrected chi connectivity index (χ1v) is 11.7. The number of aromatic amines is 1. The summed E-state index contributed by atoms with van der Waals surface area (Å²) in [6, 6.07) is 16.0. The third-order valence-corrected chi connectivity index (χ3v) is 6.53. The molecule has 0 bridgehead atoms. The molecule has 2 aromatic carbocycles. The van der Waals surface area contributed by atoms with Gasteiger partial charge in [0.25, 0.3) is 5.56 Å². The molecular weight excluding hydrogens is 483 g/mol. The molecule has 180 valence electrons. The minimum Gasteiger partial charge on any atom is -0.326 e. The summed E-state index contributed by atoms with van der Waals surface area (Å²) in [5, 5.41) is 9.38. The van der Waals surface area contributed by atoms with E-state index >= 15 is 0 Å². The SMILES string of the molecule is Cc1cc(-n2c(=O)c(-c3ccc(F)c(Cl)c3)c(-c3ccc(C4CC4)cc3)n(CC#N)c2=O)cc(=O)[nH]1. The van der Waals surface area contributed by atoms with Gasteiger partial charge in [-0.05, 0) is 60.6 Å². The van der Waals surface area contributed by atoms with Crippen molar-refractivity contribution in [3.63, 3.8) is 0 Å². The van der Waals surface area contributed by atoms with Crippen LogP contribution in [-0.2, 0) is 6.54 Å². The Bertz CT molecular complexity index is 1720. The summed E-state index contributed by atoms with van der Waals surface area (Å²) < 4.78 is 16.1. The first-order chi connectivity index (χ1) is 17.3. The Balaban J connectivity index is 1.90. The summed E-state index contributed by atoms with van der Waals surface area (Å²) in [6.07, 6.45) is 2.23. The van der Waals surface area contributed by atoms with Crippen LogP contribution in [0, 0.1) is 24.1 Å². The quantitative estimate of drug-likeness (QED) is 0.433. The van der Waals surface area contributed by atoms with Crippen LogP contribution in [0.4, 0.5) is 4.39 Å². The van der Waals surface area contributed by atoms with E-state index in [1.165, 1.54) is 22.8 Å². The molecule has 9 heteroatoms. The van der Waals surface area contributed by atoms with Crippen LogP contribution in [-0.4, -0.2) is 14.1 Å². The summed E-state index contributed by atoms with van der Waals surface area (Å²) in [7, 11) is 0. The van der Waals surface area contributed by atoms with E-state index < -0.39 is 22.6 Å². The number of hydrogen-bond donors (Lipinski definition) is 1. The lowest BCUT2D eigenvalue weighted by Gasteiger charge is -2.19. The molecule has 0 amide bonds. The number of benzene rings is 2. The first kappa shape index (κ1) is 23.5. The first-order valence-electron chi connectivity index (χ1n) is 11.3. The highest BCUT2D eigenvalue weighted by Crippen LogP contribution is 2.41. The third-order valence-electron chi connectivity index (χ3n) is 6.24. The number of hydrogen-bond acceptors (Lipinski definition) is 4. The van der Waals surface area contributed by atoms with E-state index in [0.29, 0.717) is 17.2 Å². The van der Waals surface area contributed by atoms with Crippen LogP contribution in [0.2, 0.25) is 5.02 Å². The topological polar surface area (TPSA) is 101 Å². The predicted molar refractivity (Wildman–Crippen MR) is 135 cm³/mol. The highest BCUT2D eigenvalue weighted by Gasteiger charge is 2.26. The zero-order chi connectivity index (χ0) is 25.6. The van der Waals surface area contributed by atoms with Gasteiger partial charge in [0.1, 0.15) is 12.4 Å². The number of halogens is 2. The fourth-order valence-corrected chi connectivity index (χ4v) is 4.61.